The molecule has 4 heteroatoms. The van der Waals surface area contributed by atoms with Gasteiger partial charge in [0.15, 0.2) is 0 Å². The summed E-state index contributed by atoms with van der Waals surface area (Å²) in [6, 6.07) is 8.58. The number of rotatable bonds is 4. The summed E-state index contributed by atoms with van der Waals surface area (Å²) in [4.78, 5) is 12.2. The Labute approximate surface area is 126 Å². The molecule has 3 rings (SSSR count). The number of amides is 1. The molecule has 21 heavy (non-hydrogen) atoms. The minimum Gasteiger partial charge on any atom is -0.364 e. The lowest BCUT2D eigenvalue weighted by Gasteiger charge is -2.26. The van der Waals surface area contributed by atoms with E-state index in [0.717, 1.165) is 25.7 Å². The van der Waals surface area contributed by atoms with E-state index in [2.05, 4.69) is 29.6 Å². The molecule has 1 aromatic carbocycles. The van der Waals surface area contributed by atoms with Gasteiger partial charge in [0, 0.05) is 19.0 Å². The van der Waals surface area contributed by atoms with Crippen LogP contribution in [0, 0.1) is 0 Å². The second kappa shape index (κ2) is 6.58. The third kappa shape index (κ3) is 3.27. The van der Waals surface area contributed by atoms with Gasteiger partial charge in [-0.05, 0) is 43.2 Å². The number of carbonyl (C=O) groups excluding carboxylic acids is 1. The molecular formula is C17H24N2O2. The van der Waals surface area contributed by atoms with Gasteiger partial charge < -0.3 is 15.8 Å². The SMILES string of the molecule is NC[C@H]1CC[C@@H](C(=O)NCC2CCCc3ccccc32)O1. The van der Waals surface area contributed by atoms with Crippen molar-refractivity contribution < 1.29 is 9.53 Å². The molecule has 0 aromatic heterocycles. The quantitative estimate of drug-likeness (QED) is 0.887. The van der Waals surface area contributed by atoms with Gasteiger partial charge in [-0.3, -0.25) is 4.79 Å². The summed E-state index contributed by atoms with van der Waals surface area (Å²) in [7, 11) is 0. The Morgan fingerprint density at radius 2 is 2.14 bits per heavy atom. The zero-order valence-corrected chi connectivity index (χ0v) is 12.4. The lowest BCUT2D eigenvalue weighted by Crippen LogP contribution is -2.38. The van der Waals surface area contributed by atoms with Crippen LogP contribution in [-0.4, -0.2) is 31.2 Å². The number of hydrogen-bond donors (Lipinski definition) is 2. The van der Waals surface area contributed by atoms with Crippen molar-refractivity contribution >= 4 is 5.91 Å². The second-order valence-electron chi connectivity index (χ2n) is 6.09. The van der Waals surface area contributed by atoms with Crippen LogP contribution in [0.1, 0.15) is 42.7 Å². The fourth-order valence-corrected chi connectivity index (χ4v) is 3.48. The Hall–Kier alpha value is -1.39. The summed E-state index contributed by atoms with van der Waals surface area (Å²) in [6.07, 6.45) is 4.93. The highest BCUT2D eigenvalue weighted by Crippen LogP contribution is 2.31. The van der Waals surface area contributed by atoms with E-state index >= 15 is 0 Å². The van der Waals surface area contributed by atoms with Gasteiger partial charge in [-0.1, -0.05) is 24.3 Å². The Balaban J connectivity index is 1.55. The Bertz CT molecular complexity index is 503. The van der Waals surface area contributed by atoms with Crippen LogP contribution in [0.4, 0.5) is 0 Å². The molecule has 0 radical (unpaired) electrons. The van der Waals surface area contributed by atoms with Crippen molar-refractivity contribution in [2.75, 3.05) is 13.1 Å². The Morgan fingerprint density at radius 3 is 2.95 bits per heavy atom. The molecule has 0 spiro atoms. The van der Waals surface area contributed by atoms with Gasteiger partial charge in [0.25, 0.3) is 0 Å². The van der Waals surface area contributed by atoms with E-state index in [1.54, 1.807) is 0 Å². The number of fused-ring (bicyclic) bond motifs is 1. The molecule has 0 saturated carbocycles. The monoisotopic (exact) mass is 288 g/mol. The van der Waals surface area contributed by atoms with E-state index < -0.39 is 0 Å². The van der Waals surface area contributed by atoms with Gasteiger partial charge in [-0.2, -0.15) is 0 Å². The molecule has 3 atom stereocenters. The molecule has 3 N–H and O–H groups in total. The van der Waals surface area contributed by atoms with Crippen molar-refractivity contribution in [1.29, 1.82) is 0 Å². The summed E-state index contributed by atoms with van der Waals surface area (Å²) >= 11 is 0. The van der Waals surface area contributed by atoms with Gasteiger partial charge in [0.1, 0.15) is 6.10 Å². The molecule has 4 nitrogen and oxygen atoms in total. The lowest BCUT2D eigenvalue weighted by molar-refractivity contribution is -0.131. The van der Waals surface area contributed by atoms with Crippen LogP contribution in [0.25, 0.3) is 0 Å². The van der Waals surface area contributed by atoms with Gasteiger partial charge >= 0.3 is 0 Å². The highest BCUT2D eigenvalue weighted by Gasteiger charge is 2.30. The molecule has 1 aliphatic heterocycles. The summed E-state index contributed by atoms with van der Waals surface area (Å²) < 4.78 is 5.64. The van der Waals surface area contributed by atoms with Crippen LogP contribution in [0.5, 0.6) is 0 Å². The van der Waals surface area contributed by atoms with Gasteiger partial charge in [-0.25, -0.2) is 0 Å². The van der Waals surface area contributed by atoms with Gasteiger partial charge in [0.05, 0.1) is 6.10 Å². The maximum absolute atomic E-state index is 12.2. The first kappa shape index (κ1) is 14.5. The summed E-state index contributed by atoms with van der Waals surface area (Å²) in [5, 5.41) is 3.08. The molecule has 1 unspecified atom stereocenters. The molecule has 1 aliphatic carbocycles. The first-order valence-corrected chi connectivity index (χ1v) is 7.99. The molecule has 0 bridgehead atoms. The van der Waals surface area contributed by atoms with Crippen LogP contribution in [-0.2, 0) is 16.0 Å². The average molecular weight is 288 g/mol. The first-order chi connectivity index (χ1) is 10.3. The van der Waals surface area contributed by atoms with Crippen LogP contribution in [0.2, 0.25) is 0 Å². The number of ether oxygens (including phenoxy) is 1. The fraction of sp³-hybridized carbons (Fsp3) is 0.588. The van der Waals surface area contributed by atoms with E-state index in [1.165, 1.54) is 17.5 Å². The predicted octanol–water partition coefficient (Wildman–Crippen LogP) is 1.73. The number of nitrogens with two attached hydrogens (primary N) is 1. The van der Waals surface area contributed by atoms with E-state index in [4.69, 9.17) is 10.5 Å². The second-order valence-corrected chi connectivity index (χ2v) is 6.09. The lowest BCUT2D eigenvalue weighted by atomic mass is 9.83. The summed E-state index contributed by atoms with van der Waals surface area (Å²) in [5.74, 6) is 0.458. The summed E-state index contributed by atoms with van der Waals surface area (Å²) in [6.45, 7) is 1.21. The van der Waals surface area contributed by atoms with Gasteiger partial charge in [0.2, 0.25) is 5.91 Å². The number of carbonyl (C=O) groups is 1. The Morgan fingerprint density at radius 1 is 1.29 bits per heavy atom. The minimum atomic E-state index is -0.308. The van der Waals surface area contributed by atoms with E-state index in [0.29, 0.717) is 19.0 Å². The largest absolute Gasteiger partial charge is 0.364 e. The maximum Gasteiger partial charge on any atom is 0.249 e. The van der Waals surface area contributed by atoms with Crippen molar-refractivity contribution in [1.82, 2.24) is 5.32 Å². The standard InChI is InChI=1S/C17H24N2O2/c18-10-14-8-9-16(21-14)17(20)19-11-13-6-3-5-12-4-1-2-7-15(12)13/h1-2,4,7,13-14,16H,3,5-6,8-11,18H2,(H,19,20)/t13?,14-,16+/m1/s1. The highest BCUT2D eigenvalue weighted by atomic mass is 16.5. The zero-order valence-electron chi connectivity index (χ0n) is 12.4. The topological polar surface area (TPSA) is 64.4 Å². The normalized spacial score (nSPS) is 28.1. The van der Waals surface area contributed by atoms with Gasteiger partial charge in [-0.15, -0.1) is 0 Å². The smallest absolute Gasteiger partial charge is 0.249 e. The highest BCUT2D eigenvalue weighted by molar-refractivity contribution is 5.81. The molecule has 1 aromatic rings. The van der Waals surface area contributed by atoms with E-state index in [1.807, 2.05) is 0 Å². The van der Waals surface area contributed by atoms with E-state index in [9.17, 15) is 4.79 Å². The van der Waals surface area contributed by atoms with Crippen molar-refractivity contribution in [3.05, 3.63) is 35.4 Å². The molecule has 1 saturated heterocycles. The third-order valence-electron chi connectivity index (χ3n) is 4.68. The van der Waals surface area contributed by atoms with Crippen LogP contribution in [0.3, 0.4) is 0 Å². The molecule has 114 valence electrons. The number of benzene rings is 1. The summed E-state index contributed by atoms with van der Waals surface area (Å²) in [5.41, 5.74) is 8.42. The predicted molar refractivity (Wildman–Crippen MR) is 82.1 cm³/mol. The maximum atomic E-state index is 12.2. The third-order valence-corrected chi connectivity index (χ3v) is 4.68. The Kier molecular flexibility index (Phi) is 4.56. The van der Waals surface area contributed by atoms with Crippen molar-refractivity contribution in [3.63, 3.8) is 0 Å². The van der Waals surface area contributed by atoms with Crippen molar-refractivity contribution in [2.45, 2.75) is 50.2 Å². The zero-order chi connectivity index (χ0) is 14.7. The molecule has 2 aliphatic rings. The van der Waals surface area contributed by atoms with Crippen LogP contribution < -0.4 is 11.1 Å². The van der Waals surface area contributed by atoms with Crippen LogP contribution in [0.15, 0.2) is 24.3 Å². The molecule has 1 heterocycles. The number of aryl methyl sites for hydroxylation is 1. The molecule has 1 fully saturated rings. The van der Waals surface area contributed by atoms with Crippen molar-refractivity contribution in [3.8, 4) is 0 Å². The van der Waals surface area contributed by atoms with Crippen LogP contribution >= 0.6 is 0 Å². The number of hydrogen-bond acceptors (Lipinski definition) is 3. The minimum absolute atomic E-state index is 0.0222. The number of nitrogens with one attached hydrogen (secondary N) is 1. The average Bonchev–Trinajstić information content (AvgIpc) is 3.01. The fourth-order valence-electron chi connectivity index (χ4n) is 3.48. The van der Waals surface area contributed by atoms with E-state index in [-0.39, 0.29) is 18.1 Å². The molecule has 1 amide bonds. The first-order valence-electron chi connectivity index (χ1n) is 7.99. The molecular weight excluding hydrogens is 264 g/mol. The van der Waals surface area contributed by atoms with Crippen molar-refractivity contribution in [2.24, 2.45) is 5.73 Å².